The van der Waals surface area contributed by atoms with Gasteiger partial charge in [-0.1, -0.05) is 0 Å². The fourth-order valence-electron chi connectivity index (χ4n) is 0.789. The molecular weight excluding hydrogens is 355 g/mol. The predicted molar refractivity (Wildman–Crippen MR) is 70.4 cm³/mol. The van der Waals surface area contributed by atoms with Crippen LogP contribution in [-0.4, -0.2) is 11.9 Å². The number of carbonyl (C=O) groups is 2. The summed E-state index contributed by atoms with van der Waals surface area (Å²) >= 11 is 0. The molecule has 0 saturated carbocycles. The second kappa shape index (κ2) is 18.8. The third-order valence-electron chi connectivity index (χ3n) is 1.44. The van der Waals surface area contributed by atoms with Crippen LogP contribution in [-0.2, 0) is 43.9 Å². The van der Waals surface area contributed by atoms with Crippen LogP contribution in [0.25, 0.3) is 0 Å². The van der Waals surface area contributed by atoms with Crippen LogP contribution in [0.2, 0.25) is 0 Å². The van der Waals surface area contributed by atoms with Crippen molar-refractivity contribution < 1.29 is 72.5 Å². The molecule has 0 aliphatic carbocycles. The third-order valence-corrected chi connectivity index (χ3v) is 1.44. The Bertz CT molecular complexity index is 407. The molecule has 2 rings (SSSR count). The average molecular weight is 376 g/mol. The van der Waals surface area contributed by atoms with Crippen LogP contribution in [0.5, 0.6) is 0 Å². The summed E-state index contributed by atoms with van der Waals surface area (Å²) in [5.74, 6) is -2.83. The molecule has 0 fully saturated rings. The van der Waals surface area contributed by atoms with Crippen molar-refractivity contribution in [1.82, 2.24) is 0 Å². The van der Waals surface area contributed by atoms with Crippen LogP contribution in [0.4, 0.5) is 0 Å². The Labute approximate surface area is 133 Å². The minimum absolute atomic E-state index is 0. The number of carboxylic acids is 2. The first-order valence-electron chi connectivity index (χ1n) is 4.11. The Morgan fingerprint density at radius 2 is 1.00 bits per heavy atom. The van der Waals surface area contributed by atoms with Gasteiger partial charge in [0.2, 0.25) is 0 Å². The van der Waals surface area contributed by atoms with Gasteiger partial charge in [0.25, 0.3) is 0 Å². The van der Waals surface area contributed by atoms with Gasteiger partial charge in [-0.25, -0.2) is 0 Å². The number of furan rings is 2. The molecule has 0 saturated heterocycles. The first kappa shape index (κ1) is 36.7. The largest absolute Gasteiger partial charge is 2.00 e. The molecule has 0 aliphatic heterocycles. The van der Waals surface area contributed by atoms with Crippen LogP contribution in [0.3, 0.4) is 0 Å². The number of aromatic carboxylic acids is 2. The molecule has 0 aromatic carbocycles. The predicted octanol–water partition coefficient (Wildman–Crippen LogP) is -5.33. The second-order valence-corrected chi connectivity index (χ2v) is 2.53. The zero-order valence-electron chi connectivity index (χ0n) is 11.1. The quantitative estimate of drug-likeness (QED) is 0.364. The molecular formula is C10H21NiO11+5. The van der Waals surface area contributed by atoms with E-state index in [1.807, 2.05) is 0 Å². The maximum Gasteiger partial charge on any atom is 2.00 e. The minimum Gasteiger partial charge on any atom is -0.542 e. The van der Waals surface area contributed by atoms with Gasteiger partial charge < -0.3 is 56.0 Å². The normalized spacial score (nSPS) is 6.55. The number of carbonyl (C=O) groups excluding carboxylic acids is 2. The van der Waals surface area contributed by atoms with Crippen LogP contribution in [0.15, 0.2) is 45.6 Å². The number of carboxylic acid groups (broad SMARTS) is 2. The Balaban J connectivity index is -0.0000000457. The SMILES string of the molecule is O=C([O-])c1ccco1.O=C([O-])c1ccco1.[Ni+2].[OH3+].[OH3+].[OH3+].[OH3+].[OH3+]. The van der Waals surface area contributed by atoms with E-state index in [0.717, 1.165) is 0 Å². The van der Waals surface area contributed by atoms with Gasteiger partial charge in [0.05, 0.1) is 12.5 Å². The zero-order chi connectivity index (χ0) is 12.0. The second-order valence-electron chi connectivity index (χ2n) is 2.53. The van der Waals surface area contributed by atoms with Gasteiger partial charge in [-0.15, -0.1) is 0 Å². The molecule has 132 valence electrons. The van der Waals surface area contributed by atoms with Gasteiger partial charge in [-0.2, -0.15) is 0 Å². The number of rotatable bonds is 2. The van der Waals surface area contributed by atoms with E-state index in [4.69, 9.17) is 0 Å². The summed E-state index contributed by atoms with van der Waals surface area (Å²) in [6.45, 7) is 0. The molecule has 0 unspecified atom stereocenters. The van der Waals surface area contributed by atoms with E-state index in [9.17, 15) is 19.8 Å². The topological polar surface area (TPSA) is 272 Å². The van der Waals surface area contributed by atoms with E-state index in [1.54, 1.807) is 0 Å². The molecule has 2 heterocycles. The van der Waals surface area contributed by atoms with E-state index < -0.39 is 11.9 Å². The summed E-state index contributed by atoms with van der Waals surface area (Å²) in [6.07, 6.45) is 2.57. The fraction of sp³-hybridized carbons (Fsp3) is 0. The summed E-state index contributed by atoms with van der Waals surface area (Å²) in [6, 6.07) is 5.64. The average Bonchev–Trinajstić information content (AvgIpc) is 2.93. The molecule has 2 aromatic heterocycles. The Hall–Kier alpha value is -2.21. The van der Waals surface area contributed by atoms with Gasteiger partial charge in [0, 0.05) is 0 Å². The van der Waals surface area contributed by atoms with Crippen LogP contribution in [0.1, 0.15) is 21.1 Å². The smallest absolute Gasteiger partial charge is 0.542 e. The summed E-state index contributed by atoms with van der Waals surface area (Å²) in [5.41, 5.74) is 0. The monoisotopic (exact) mass is 375 g/mol. The van der Waals surface area contributed by atoms with Crippen LogP contribution >= 0.6 is 0 Å². The van der Waals surface area contributed by atoms with Crippen molar-refractivity contribution >= 4 is 11.9 Å². The van der Waals surface area contributed by atoms with Gasteiger partial charge in [0.1, 0.15) is 23.5 Å². The maximum atomic E-state index is 9.86. The van der Waals surface area contributed by atoms with Crippen LogP contribution in [0, 0.1) is 0 Å². The van der Waals surface area contributed by atoms with E-state index in [1.165, 1.54) is 36.8 Å². The first-order valence-corrected chi connectivity index (χ1v) is 4.11. The van der Waals surface area contributed by atoms with Crippen LogP contribution < -0.4 is 10.2 Å². The van der Waals surface area contributed by atoms with Crippen molar-refractivity contribution in [1.29, 1.82) is 0 Å². The maximum absolute atomic E-state index is 9.86. The van der Waals surface area contributed by atoms with E-state index in [-0.39, 0.29) is 55.4 Å². The standard InChI is InChI=1S/2C5H4O3.Ni.5H2O/c2*6-5(7)4-2-1-3-8-4;;;;;;/h2*1-3H,(H,6,7);;5*1H2/q;;+2;;;;;/p+3. The fourth-order valence-corrected chi connectivity index (χ4v) is 0.789. The molecule has 22 heavy (non-hydrogen) atoms. The molecule has 2 aromatic rings. The van der Waals surface area contributed by atoms with Crippen molar-refractivity contribution in [2.75, 3.05) is 0 Å². The molecule has 11 nitrogen and oxygen atoms in total. The summed E-state index contributed by atoms with van der Waals surface area (Å²) in [5, 5.41) is 19.7. The number of hydrogen-bond donors (Lipinski definition) is 0. The van der Waals surface area contributed by atoms with Crippen molar-refractivity contribution in [3.63, 3.8) is 0 Å². The Kier molecular flexibility index (Phi) is 31.4. The van der Waals surface area contributed by atoms with Crippen molar-refractivity contribution in [3.8, 4) is 0 Å². The third kappa shape index (κ3) is 12.8. The summed E-state index contributed by atoms with van der Waals surface area (Å²) in [4.78, 5) is 19.7. The molecule has 0 radical (unpaired) electrons. The molecule has 0 spiro atoms. The van der Waals surface area contributed by atoms with E-state index in [2.05, 4.69) is 8.83 Å². The van der Waals surface area contributed by atoms with Gasteiger partial charge in [-0.3, -0.25) is 0 Å². The van der Waals surface area contributed by atoms with E-state index >= 15 is 0 Å². The molecule has 15 N–H and O–H groups in total. The minimum atomic E-state index is -1.28. The first-order chi connectivity index (χ1) is 7.61. The van der Waals surface area contributed by atoms with Crippen molar-refractivity contribution in [2.24, 2.45) is 0 Å². The zero-order valence-corrected chi connectivity index (χ0v) is 12.1. The number of hydrogen-bond acceptors (Lipinski definition) is 6. The molecule has 0 aliphatic rings. The molecule has 0 bridgehead atoms. The van der Waals surface area contributed by atoms with Crippen molar-refractivity contribution in [2.45, 2.75) is 0 Å². The Morgan fingerprint density at radius 3 is 1.09 bits per heavy atom. The van der Waals surface area contributed by atoms with Crippen molar-refractivity contribution in [3.05, 3.63) is 48.3 Å². The Morgan fingerprint density at radius 1 is 0.727 bits per heavy atom. The summed E-state index contributed by atoms with van der Waals surface area (Å²) < 4.78 is 8.87. The van der Waals surface area contributed by atoms with E-state index in [0.29, 0.717) is 0 Å². The molecule has 0 amide bonds. The van der Waals surface area contributed by atoms with Gasteiger partial charge in [-0.05, 0) is 24.3 Å². The molecule has 12 heteroatoms. The van der Waals surface area contributed by atoms with Gasteiger partial charge >= 0.3 is 16.5 Å². The molecule has 0 atom stereocenters. The summed E-state index contributed by atoms with van der Waals surface area (Å²) in [7, 11) is 0. The van der Waals surface area contributed by atoms with Gasteiger partial charge in [0.15, 0.2) is 0 Å².